The molecule has 582 valence electrons. The van der Waals surface area contributed by atoms with E-state index in [1.807, 2.05) is 13.8 Å². The number of aromatic nitrogens is 3. The van der Waals surface area contributed by atoms with Gasteiger partial charge in [0.05, 0.1) is 34.7 Å². The Labute approximate surface area is 645 Å². The topological polar surface area (TPSA) is 569 Å². The van der Waals surface area contributed by atoms with E-state index in [-0.39, 0.29) is 62.8 Å². The molecule has 21 N–H and O–H groups in total. The predicted octanol–water partition coefficient (Wildman–Crippen LogP) is 1.07. The van der Waals surface area contributed by atoms with Crippen molar-refractivity contribution in [2.75, 3.05) is 12.8 Å². The number of aromatic hydroxyl groups is 3. The molecule has 13 rings (SSSR count). The van der Waals surface area contributed by atoms with Crippen LogP contribution in [-0.2, 0) is 52.6 Å². The van der Waals surface area contributed by atoms with Crippen LogP contribution >= 0.6 is 57.6 Å². The number of hydrogen-bond donors (Lipinski definition) is 19. The lowest BCUT2D eigenvalue weighted by atomic mass is 9.89. The number of ether oxygens (including phenoxy) is 6. The number of aryl methyl sites for hydroxylation is 1. The molecule has 7 aliphatic heterocycles. The summed E-state index contributed by atoms with van der Waals surface area (Å²) in [6, 6.07) is -0.780. The number of thioether (sulfide) groups is 1. The minimum absolute atomic E-state index is 0.0184. The van der Waals surface area contributed by atoms with Crippen molar-refractivity contribution in [1.82, 2.24) is 52.4 Å². The number of amides is 7. The molecule has 18 atom stereocenters. The van der Waals surface area contributed by atoms with E-state index < -0.39 is 234 Å². The number of alkyl halides is 1. The van der Waals surface area contributed by atoms with Crippen LogP contribution in [0.2, 0.25) is 10.0 Å². The highest BCUT2D eigenvalue weighted by Gasteiger charge is 2.52. The number of carbonyl (C=O) groups excluding carboxylic acids is 7. The first-order valence-electron chi connectivity index (χ1n) is 33.6. The third kappa shape index (κ3) is 17.7. The molecular formula is C69H75Cl2IN12O24S. The second-order valence-electron chi connectivity index (χ2n) is 26.8. The summed E-state index contributed by atoms with van der Waals surface area (Å²) in [6.45, 7) is 6.53. The fraction of sp³-hybridized carbons (Fsp3) is 0.406. The average molecular weight is 1690 g/mol. The Hall–Kier alpha value is -9.27. The number of nitrogens with zero attached hydrogens (tertiary/aromatic N) is 2. The molecule has 5 aromatic carbocycles. The number of fused-ring (bicyclic) bond motifs is 15. The van der Waals surface area contributed by atoms with Gasteiger partial charge in [0.15, 0.2) is 35.1 Å². The van der Waals surface area contributed by atoms with Gasteiger partial charge < -0.3 is 123 Å². The Kier molecular flexibility index (Phi) is 24.5. The fourth-order valence-corrected chi connectivity index (χ4v) is 15.0. The van der Waals surface area contributed by atoms with Gasteiger partial charge in [0, 0.05) is 34.9 Å². The largest absolute Gasteiger partial charge is 0.508 e. The van der Waals surface area contributed by atoms with Gasteiger partial charge in [-0.3, -0.25) is 43.3 Å². The molecule has 0 spiro atoms. The van der Waals surface area contributed by atoms with Crippen molar-refractivity contribution >= 4 is 105 Å². The van der Waals surface area contributed by atoms with Gasteiger partial charge in [-0.15, -0.1) is 10.2 Å². The summed E-state index contributed by atoms with van der Waals surface area (Å²) in [5.74, 6) is -16.5. The minimum Gasteiger partial charge on any atom is -0.508 e. The van der Waals surface area contributed by atoms with Crippen molar-refractivity contribution in [3.8, 4) is 57.1 Å². The second kappa shape index (κ2) is 33.1. The van der Waals surface area contributed by atoms with Gasteiger partial charge in [-0.05, 0) is 110 Å². The van der Waals surface area contributed by atoms with Crippen molar-refractivity contribution in [1.29, 1.82) is 0 Å². The lowest BCUT2D eigenvalue weighted by molar-refractivity contribution is -0.325. The number of phenols is 3. The maximum atomic E-state index is 16.2. The fourth-order valence-electron chi connectivity index (χ4n) is 12.8. The lowest BCUT2D eigenvalue weighted by Crippen LogP contribution is -2.63. The molecule has 40 heteroatoms. The van der Waals surface area contributed by atoms with Gasteiger partial charge in [0.1, 0.15) is 98.7 Å². The number of hydrogen-bond acceptors (Lipinski definition) is 28. The van der Waals surface area contributed by atoms with Gasteiger partial charge in [0.25, 0.3) is 5.56 Å². The number of aliphatic hydroxyl groups excluding tert-OH is 5. The van der Waals surface area contributed by atoms with E-state index >= 15 is 14.4 Å². The molecule has 6 aromatic rings. The van der Waals surface area contributed by atoms with Crippen LogP contribution in [0.25, 0.3) is 11.1 Å². The number of aromatic amines is 1. The van der Waals surface area contributed by atoms with E-state index in [1.54, 1.807) is 22.6 Å². The second-order valence-corrected chi connectivity index (χ2v) is 30.6. The Morgan fingerprint density at radius 2 is 1.37 bits per heavy atom. The summed E-state index contributed by atoms with van der Waals surface area (Å²) in [5.41, 5.74) is 8.85. The van der Waals surface area contributed by atoms with E-state index in [4.69, 9.17) is 63.1 Å². The summed E-state index contributed by atoms with van der Waals surface area (Å²) >= 11 is 16.9. The Bertz CT molecular complexity index is 4640. The third-order valence-electron chi connectivity index (χ3n) is 18.5. The number of benzene rings is 5. The lowest BCUT2D eigenvalue weighted by Gasteiger charge is -2.46. The number of nitrogens with one attached hydrogen (secondary N) is 8. The first-order valence-corrected chi connectivity index (χ1v) is 36.4. The summed E-state index contributed by atoms with van der Waals surface area (Å²) in [5, 5.41) is 129. The van der Waals surface area contributed by atoms with Crippen molar-refractivity contribution < 1.29 is 113 Å². The quantitative estimate of drug-likeness (QED) is 0.0296. The van der Waals surface area contributed by atoms with Crippen molar-refractivity contribution in [3.63, 3.8) is 0 Å². The van der Waals surface area contributed by atoms with Crippen LogP contribution in [0.15, 0.2) is 88.8 Å². The number of carbonyl (C=O) groups is 8. The van der Waals surface area contributed by atoms with Crippen molar-refractivity contribution in [2.45, 2.75) is 159 Å². The molecule has 7 aliphatic rings. The molecule has 0 saturated carbocycles. The average Bonchev–Trinajstić information content (AvgIpc) is 0.766. The molecule has 7 amide bonds. The van der Waals surface area contributed by atoms with Crippen molar-refractivity contribution in [2.24, 2.45) is 17.4 Å². The number of halogens is 3. The van der Waals surface area contributed by atoms with E-state index in [2.05, 4.69) is 52.4 Å². The monoisotopic (exact) mass is 1680 g/mol. The molecule has 0 aliphatic carbocycles. The zero-order chi connectivity index (χ0) is 79.1. The number of primary amides is 1. The standard InChI is InChI=1S/C69H75Cl2IN12O24S/c1-23(2)12-35(75-5)60(95)80-50-52(89)27-7-10-39(33(70)14-27)104-41-16-29-17-42(56(41)108-67-57(107-45-21-69(72,74)58(93)25(4)103-45)55(92)54(91)43(106-67)22-109-68-82-59(94)24(3)83-84-68)105-40-11-8-28(15-34(40)71)53(90)51-65(100)79-49(66(101)102)32-18-30(85)19-38(87)46(32)31-13-26(6-9-37(31)86)47(62(97)81-51)78-63(98)48(29)77-61(96)36(20-44(73)88)76-64(50)99/h6-11,13-19,23,25,35-36,43,45,47-55,57-58,67,75,85-87,89-93H,12,20-22,74H2,1-5H3,(H2,73,88)(H,76,99)(H,77,96)(H,78,98)(H,79,100)(H,80,95)(H,81,97)(H,101,102)(H,82,84,94)/t25?,35-,36?,43?,45?,47?,48?,49?,50?,51-,52?,53+,54?,55?,57?,58?,67?,69?/m0/s1. The predicted molar refractivity (Wildman–Crippen MR) is 389 cm³/mol. The van der Waals surface area contributed by atoms with Gasteiger partial charge in [-0.1, -0.05) is 89.6 Å². The summed E-state index contributed by atoms with van der Waals surface area (Å²) < 4.78 is 37.9. The molecule has 2 saturated heterocycles. The highest BCUT2D eigenvalue weighted by molar-refractivity contribution is 14.1. The number of aliphatic hydroxyl groups is 5. The Balaban J connectivity index is 1.16. The number of nitrogens with two attached hydrogens (primary N) is 2. The smallest absolute Gasteiger partial charge is 0.330 e. The zero-order valence-corrected chi connectivity index (χ0v) is 62.5. The van der Waals surface area contributed by atoms with Gasteiger partial charge in [0.2, 0.25) is 53.4 Å². The number of carboxylic acid groups (broad SMARTS) is 1. The molecule has 15 unspecified atom stereocenters. The summed E-state index contributed by atoms with van der Waals surface area (Å²) in [6.07, 6.45) is -18.6. The van der Waals surface area contributed by atoms with Gasteiger partial charge in [-0.2, -0.15) is 0 Å². The molecular weight excluding hydrogens is 1610 g/mol. The molecule has 36 nitrogen and oxygen atoms in total. The van der Waals surface area contributed by atoms with E-state index in [1.165, 1.54) is 33.0 Å². The number of carboxylic acids is 1. The van der Waals surface area contributed by atoms with E-state index in [9.17, 15) is 74.7 Å². The Morgan fingerprint density at radius 3 is 1.97 bits per heavy atom. The summed E-state index contributed by atoms with van der Waals surface area (Å²) in [4.78, 5) is 133. The van der Waals surface area contributed by atoms with Crippen LogP contribution in [0, 0.1) is 12.8 Å². The normalized spacial score (nSPS) is 28.1. The van der Waals surface area contributed by atoms with Crippen LogP contribution in [0.1, 0.15) is 104 Å². The first-order chi connectivity index (χ1) is 51.5. The number of rotatable bonds is 15. The molecule has 2 fully saturated rings. The summed E-state index contributed by atoms with van der Waals surface area (Å²) in [7, 11) is 1.47. The number of aliphatic carboxylic acids is 1. The molecule has 1 aromatic heterocycles. The molecule has 109 heavy (non-hydrogen) atoms. The van der Waals surface area contributed by atoms with Crippen LogP contribution in [0.5, 0.6) is 46.0 Å². The number of phenolic OH excluding ortho intramolecular Hbond substituents is 3. The molecule has 8 heterocycles. The Morgan fingerprint density at radius 1 is 0.743 bits per heavy atom. The number of likely N-dealkylation sites (N-methyl/N-ethyl adjacent to an activating group) is 1. The van der Waals surface area contributed by atoms with Gasteiger partial charge >= 0.3 is 5.97 Å². The van der Waals surface area contributed by atoms with Gasteiger partial charge in [-0.25, -0.2) is 4.79 Å². The zero-order valence-electron chi connectivity index (χ0n) is 58.0. The van der Waals surface area contributed by atoms with Crippen molar-refractivity contribution in [3.05, 3.63) is 133 Å². The highest BCUT2D eigenvalue weighted by Crippen LogP contribution is 2.50. The first kappa shape index (κ1) is 80.7. The van der Waals surface area contributed by atoms with Crippen LogP contribution in [0.4, 0.5) is 0 Å². The molecule has 11 bridgehead atoms. The van der Waals surface area contributed by atoms with E-state index in [0.29, 0.717) is 0 Å². The van der Waals surface area contributed by atoms with Crippen LogP contribution in [-0.4, -0.2) is 198 Å². The third-order valence-corrected chi connectivity index (χ3v) is 21.1. The minimum atomic E-state index is -2.37. The highest BCUT2D eigenvalue weighted by atomic mass is 127. The maximum Gasteiger partial charge on any atom is 0.330 e. The van der Waals surface area contributed by atoms with E-state index in [0.717, 1.165) is 78.5 Å². The molecule has 0 radical (unpaired) electrons. The van der Waals surface area contributed by atoms with Crippen LogP contribution < -0.4 is 68.5 Å². The van der Waals surface area contributed by atoms with Crippen LogP contribution in [0.3, 0.4) is 0 Å². The number of H-pyrrole nitrogens is 1. The SMILES string of the molecule is CN[C@@H](CC(C)C)C(=O)NC1C(=O)NC(CC(N)=O)C(=O)NC2C(=O)NC3C(=O)N[C@H](C(=O)NC(C(=O)O)c4cc(O)cc(O)c4-c4cc3ccc4O)[C@H](O)c3ccc(c(Cl)c3)Oc3cc2cc(c3OC2OC(CSc3nnc(C)c(=O)[nH]3)C(O)C(O)C2OC2CC(N)(I)C(O)C(C)O2)Oc2ccc(cc2Cl)C1O. The maximum absolute atomic E-state index is 16.2.